The summed E-state index contributed by atoms with van der Waals surface area (Å²) in [5, 5.41) is 40.0. The molecule has 2 aliphatic carbocycles. The lowest BCUT2D eigenvalue weighted by atomic mass is 9.51. The molecule has 6 aliphatic rings. The molecule has 0 aromatic carbocycles. The second-order valence-corrected chi connectivity index (χ2v) is 6.24. The molecular weight excluding hydrogens is 236 g/mol. The zero-order valence-corrected chi connectivity index (χ0v) is 10.2. The topological polar surface area (TPSA) is 90.6 Å². The Morgan fingerprint density at radius 1 is 1.00 bits per heavy atom. The van der Waals surface area contributed by atoms with Crippen molar-refractivity contribution in [3.05, 3.63) is 15.6 Å². The van der Waals surface area contributed by atoms with Crippen molar-refractivity contribution in [1.29, 1.82) is 0 Å². The average Bonchev–Trinajstić information content (AvgIpc) is 2.35. The second-order valence-electron chi connectivity index (χ2n) is 6.24. The molecule has 4 aliphatic heterocycles. The van der Waals surface area contributed by atoms with E-state index in [1.165, 1.54) is 0 Å². The van der Waals surface area contributed by atoms with Gasteiger partial charge in [-0.05, 0) is 18.5 Å². The first-order chi connectivity index (χ1) is 8.55. The molecule has 3 unspecified atom stereocenters. The molecule has 2 saturated carbocycles. The molecule has 2 fully saturated rings. The van der Waals surface area contributed by atoms with E-state index in [1.807, 2.05) is 0 Å². The van der Waals surface area contributed by atoms with Gasteiger partial charge in [0.05, 0.1) is 5.41 Å². The number of rotatable bonds is 0. The summed E-state index contributed by atoms with van der Waals surface area (Å²) in [7, 11) is 0. The molecule has 0 aromatic heterocycles. The van der Waals surface area contributed by atoms with Gasteiger partial charge in [-0.15, -0.1) is 0 Å². The Labute approximate surface area is 104 Å². The summed E-state index contributed by atoms with van der Waals surface area (Å²) in [6, 6.07) is -0.951. The molecule has 0 saturated heterocycles. The normalized spacial score (nSPS) is 53.4. The fourth-order valence-electron chi connectivity index (χ4n) is 4.92. The van der Waals surface area contributed by atoms with E-state index in [9.17, 15) is 15.6 Å². The van der Waals surface area contributed by atoms with E-state index in [2.05, 4.69) is 12.0 Å². The minimum atomic E-state index is -0.336. The van der Waals surface area contributed by atoms with Crippen molar-refractivity contribution in [1.82, 2.24) is 0 Å². The van der Waals surface area contributed by atoms with E-state index in [1.54, 1.807) is 0 Å². The third kappa shape index (κ3) is 0.906. The largest absolute Gasteiger partial charge is 0.600 e. The third-order valence-electron chi connectivity index (χ3n) is 5.74. The van der Waals surface area contributed by atoms with Crippen LogP contribution in [0.15, 0.2) is 5.11 Å². The molecule has 0 spiro atoms. The van der Waals surface area contributed by atoms with Crippen LogP contribution in [0.25, 0.3) is 0 Å². The summed E-state index contributed by atoms with van der Waals surface area (Å²) >= 11 is 0. The van der Waals surface area contributed by atoms with Gasteiger partial charge in [0, 0.05) is 29.0 Å². The van der Waals surface area contributed by atoms with Crippen LogP contribution in [-0.2, 0) is 0 Å². The summed E-state index contributed by atoms with van der Waals surface area (Å²) in [6.45, 7) is 2.06. The molecule has 4 heterocycles. The highest BCUT2D eigenvalue weighted by Gasteiger charge is 2.74. The lowest BCUT2D eigenvalue weighted by Crippen LogP contribution is -2.72. The van der Waals surface area contributed by atoms with Gasteiger partial charge in [-0.1, -0.05) is 4.86 Å². The van der Waals surface area contributed by atoms with Crippen molar-refractivity contribution >= 4 is 0 Å². The van der Waals surface area contributed by atoms with Gasteiger partial charge >= 0.3 is 0 Å². The Kier molecular flexibility index (Phi) is 1.72. The van der Waals surface area contributed by atoms with E-state index in [0.717, 1.165) is 30.5 Å². The van der Waals surface area contributed by atoms with Crippen molar-refractivity contribution in [2.75, 3.05) is 0 Å². The molecule has 4 bridgehead atoms. The quantitative estimate of drug-likeness (QED) is 0.478. The molecular formula is C11H16N4O3. The minimum absolute atomic E-state index is 0.00676. The van der Waals surface area contributed by atoms with Gasteiger partial charge in [0.25, 0.3) is 0 Å². The number of fused-ring (bicyclic) bond motifs is 2. The summed E-state index contributed by atoms with van der Waals surface area (Å²) in [4.78, 5) is 2.00. The smallest absolute Gasteiger partial charge is 0.239 e. The maximum Gasteiger partial charge on any atom is 0.239 e. The molecule has 6 atom stereocenters. The molecule has 0 amide bonds. The minimum Gasteiger partial charge on any atom is -0.600 e. The molecule has 18 heavy (non-hydrogen) atoms. The van der Waals surface area contributed by atoms with Gasteiger partial charge in [-0.3, -0.25) is 0 Å². The first-order valence-corrected chi connectivity index (χ1v) is 6.65. The van der Waals surface area contributed by atoms with Crippen molar-refractivity contribution in [3.8, 4) is 0 Å². The predicted molar refractivity (Wildman–Crippen MR) is 58.5 cm³/mol. The molecule has 7 nitrogen and oxygen atoms in total. The average molecular weight is 252 g/mol. The molecule has 0 N–H and O–H groups in total. The number of nitrogens with zero attached hydrogens (tertiary/aromatic N) is 4. The van der Waals surface area contributed by atoms with Crippen LogP contribution in [0.1, 0.15) is 32.6 Å². The van der Waals surface area contributed by atoms with E-state index in [4.69, 9.17) is 0 Å². The van der Waals surface area contributed by atoms with Gasteiger partial charge in [0.15, 0.2) is 6.04 Å². The van der Waals surface area contributed by atoms with Crippen molar-refractivity contribution < 1.29 is 14.6 Å². The summed E-state index contributed by atoms with van der Waals surface area (Å²) in [5.74, 6) is -0.00676. The molecule has 98 valence electrons. The van der Waals surface area contributed by atoms with Crippen LogP contribution in [0, 0.1) is 27.0 Å². The zero-order chi connectivity index (χ0) is 12.7. The van der Waals surface area contributed by atoms with Crippen LogP contribution in [0.5, 0.6) is 0 Å². The van der Waals surface area contributed by atoms with Crippen LogP contribution in [-0.4, -0.2) is 38.7 Å². The highest BCUT2D eigenvalue weighted by molar-refractivity contribution is 5.10. The lowest BCUT2D eigenvalue weighted by molar-refractivity contribution is -1.03. The number of azo groups is 2. The highest BCUT2D eigenvalue weighted by Crippen LogP contribution is 2.57. The van der Waals surface area contributed by atoms with Crippen molar-refractivity contribution in [2.24, 2.45) is 16.4 Å². The van der Waals surface area contributed by atoms with Crippen LogP contribution < -0.4 is 0 Å². The van der Waals surface area contributed by atoms with E-state index < -0.39 is 0 Å². The van der Waals surface area contributed by atoms with E-state index in [0.29, 0.717) is 9.72 Å². The van der Waals surface area contributed by atoms with Gasteiger partial charge in [-0.2, -0.15) is 0 Å². The van der Waals surface area contributed by atoms with Crippen LogP contribution in [0.4, 0.5) is 0 Å². The Hall–Kier alpha value is -1.40. The standard InChI is InChI=1S/C11H16N4O3/c1-11-8-4-2-6(13(16)12-8)10(11)7-3-5-9(11)15(18)14(7)17/h6-10H,2-5H2,1H3/t6?,7?,8-,9+,10?,11+/m1/s1. The van der Waals surface area contributed by atoms with Gasteiger partial charge < -0.3 is 15.6 Å². The van der Waals surface area contributed by atoms with Crippen molar-refractivity contribution in [3.63, 3.8) is 0 Å². The zero-order valence-electron chi connectivity index (χ0n) is 10.2. The fourth-order valence-corrected chi connectivity index (χ4v) is 4.92. The molecule has 0 radical (unpaired) electrons. The third-order valence-corrected chi connectivity index (χ3v) is 5.74. The summed E-state index contributed by atoms with van der Waals surface area (Å²) in [6.07, 6.45) is 3.14. The Balaban J connectivity index is 1.92. The first-order valence-electron chi connectivity index (χ1n) is 6.65. The van der Waals surface area contributed by atoms with Crippen LogP contribution in [0.2, 0.25) is 0 Å². The summed E-state index contributed by atoms with van der Waals surface area (Å²) in [5.41, 5.74) is -0.296. The SMILES string of the molecule is C[C@]12C(C3CC[C@H]1N=[N+]3[O-])C1CC[C@@H]2[N+]([O-])=[N+]1[O-]. The summed E-state index contributed by atoms with van der Waals surface area (Å²) < 4.78 is 0. The lowest BCUT2D eigenvalue weighted by Gasteiger charge is -2.54. The first kappa shape index (κ1) is 10.5. The Bertz CT molecular complexity index is 491. The highest BCUT2D eigenvalue weighted by atomic mass is 16.6. The van der Waals surface area contributed by atoms with Gasteiger partial charge in [-0.25, -0.2) is 0 Å². The molecule has 7 heteroatoms. The Morgan fingerprint density at radius 3 is 2.44 bits per heavy atom. The van der Waals surface area contributed by atoms with Gasteiger partial charge in [0.1, 0.15) is 12.0 Å². The van der Waals surface area contributed by atoms with Crippen LogP contribution >= 0.6 is 0 Å². The molecule has 0 aromatic rings. The monoisotopic (exact) mass is 252 g/mol. The maximum absolute atomic E-state index is 12.0. The second kappa shape index (κ2) is 2.95. The maximum atomic E-state index is 12.0. The van der Waals surface area contributed by atoms with E-state index >= 15 is 0 Å². The number of hydrogen-bond donors (Lipinski definition) is 0. The fraction of sp³-hybridized carbons (Fsp3) is 1.00. The van der Waals surface area contributed by atoms with Crippen molar-refractivity contribution in [2.45, 2.75) is 56.8 Å². The Morgan fingerprint density at radius 2 is 1.72 bits per heavy atom. The van der Waals surface area contributed by atoms with E-state index in [-0.39, 0.29) is 35.5 Å². The van der Waals surface area contributed by atoms with Crippen LogP contribution in [0.3, 0.4) is 0 Å². The number of hydrogen-bond acceptors (Lipinski definition) is 4. The van der Waals surface area contributed by atoms with Gasteiger partial charge in [0.2, 0.25) is 12.1 Å². The number of hydroxylamine groups is 3. The predicted octanol–water partition coefficient (Wildman–Crippen LogP) is 1.13. The molecule has 6 rings (SSSR count).